The molecule has 0 radical (unpaired) electrons. The summed E-state index contributed by atoms with van der Waals surface area (Å²) < 4.78 is 5.10. The van der Waals surface area contributed by atoms with Crippen LogP contribution in [0.4, 0.5) is 0 Å². The van der Waals surface area contributed by atoms with Crippen LogP contribution < -0.4 is 11.5 Å². The first-order chi connectivity index (χ1) is 4.06. The van der Waals surface area contributed by atoms with Crippen molar-refractivity contribution in [3.63, 3.8) is 0 Å². The van der Waals surface area contributed by atoms with E-state index in [1.807, 2.05) is 13.8 Å². The van der Waals surface area contributed by atoms with Gasteiger partial charge in [0.25, 0.3) is 0 Å². The van der Waals surface area contributed by atoms with Gasteiger partial charge in [0.15, 0.2) is 0 Å². The minimum atomic E-state index is -0.227. The number of rotatable bonds is 4. The Hall–Kier alpha value is -0.120. The molecule has 4 N–H and O–H groups in total. The fourth-order valence-electron chi connectivity index (χ4n) is 0.419. The fraction of sp³-hybridized carbons (Fsp3) is 1.00. The second kappa shape index (κ2) is 3.82. The van der Waals surface area contributed by atoms with Crippen LogP contribution in [0.25, 0.3) is 0 Å². The van der Waals surface area contributed by atoms with Crippen molar-refractivity contribution in [1.82, 2.24) is 0 Å². The van der Waals surface area contributed by atoms with Crippen LogP contribution in [0, 0.1) is 0 Å². The molecule has 0 spiro atoms. The van der Waals surface area contributed by atoms with E-state index in [-0.39, 0.29) is 5.54 Å². The van der Waals surface area contributed by atoms with E-state index in [1.165, 1.54) is 0 Å². The lowest BCUT2D eigenvalue weighted by Gasteiger charge is -2.17. The largest absolute Gasteiger partial charge is 0.378 e. The van der Waals surface area contributed by atoms with E-state index in [0.29, 0.717) is 19.8 Å². The first-order valence-electron chi connectivity index (χ1n) is 3.13. The average Bonchev–Trinajstić information content (AvgIpc) is 1.63. The Morgan fingerprint density at radius 3 is 2.33 bits per heavy atom. The maximum Gasteiger partial charge on any atom is 0.0641 e. The predicted molar refractivity (Wildman–Crippen MR) is 38.1 cm³/mol. The van der Waals surface area contributed by atoms with Crippen molar-refractivity contribution in [2.24, 2.45) is 11.5 Å². The number of nitrogens with two attached hydrogens (primary N) is 2. The zero-order chi connectivity index (χ0) is 7.33. The van der Waals surface area contributed by atoms with Crippen molar-refractivity contribution >= 4 is 0 Å². The van der Waals surface area contributed by atoms with E-state index in [0.717, 1.165) is 0 Å². The van der Waals surface area contributed by atoms with Crippen molar-refractivity contribution in [3.05, 3.63) is 0 Å². The van der Waals surface area contributed by atoms with Crippen molar-refractivity contribution in [1.29, 1.82) is 0 Å². The first-order valence-corrected chi connectivity index (χ1v) is 3.13. The molecule has 0 aliphatic heterocycles. The highest BCUT2D eigenvalue weighted by atomic mass is 16.5. The van der Waals surface area contributed by atoms with Gasteiger partial charge in [0, 0.05) is 12.1 Å². The molecular weight excluding hydrogens is 116 g/mol. The molecule has 0 bridgehead atoms. The molecule has 9 heavy (non-hydrogen) atoms. The fourth-order valence-corrected chi connectivity index (χ4v) is 0.419. The van der Waals surface area contributed by atoms with Crippen molar-refractivity contribution in [2.45, 2.75) is 19.4 Å². The number of ether oxygens (including phenoxy) is 1. The summed E-state index contributed by atoms with van der Waals surface area (Å²) in [6, 6.07) is 0. The van der Waals surface area contributed by atoms with E-state index in [1.54, 1.807) is 0 Å². The average molecular weight is 132 g/mol. The van der Waals surface area contributed by atoms with Crippen LogP contribution in [-0.2, 0) is 4.74 Å². The Balaban J connectivity index is 3.07. The highest BCUT2D eigenvalue weighted by molar-refractivity contribution is 4.69. The molecule has 0 amide bonds. The van der Waals surface area contributed by atoms with Crippen LogP contribution >= 0.6 is 0 Å². The molecule has 3 heteroatoms. The van der Waals surface area contributed by atoms with Gasteiger partial charge in [-0.1, -0.05) is 0 Å². The van der Waals surface area contributed by atoms with Crippen LogP contribution in [0.15, 0.2) is 0 Å². The molecule has 0 saturated carbocycles. The first kappa shape index (κ1) is 8.88. The molecule has 0 heterocycles. The Bertz CT molecular complexity index is 67.9. The van der Waals surface area contributed by atoms with E-state index >= 15 is 0 Å². The van der Waals surface area contributed by atoms with Gasteiger partial charge in [0.05, 0.1) is 13.2 Å². The molecule has 0 aliphatic carbocycles. The molecule has 56 valence electrons. The normalized spacial score (nSPS) is 12.0. The van der Waals surface area contributed by atoms with Gasteiger partial charge in [0.1, 0.15) is 0 Å². The minimum Gasteiger partial charge on any atom is -0.378 e. The van der Waals surface area contributed by atoms with Crippen molar-refractivity contribution < 1.29 is 4.74 Å². The quantitative estimate of drug-likeness (QED) is 0.516. The standard InChI is InChI=1S/C6H16N2O/c1-6(2,8)5-9-4-3-7/h3-5,7-8H2,1-2H3. The molecule has 0 aliphatic rings. The summed E-state index contributed by atoms with van der Waals surface area (Å²) in [6.07, 6.45) is 0. The maximum atomic E-state index is 5.61. The monoisotopic (exact) mass is 132 g/mol. The lowest BCUT2D eigenvalue weighted by molar-refractivity contribution is 0.103. The molecule has 3 nitrogen and oxygen atoms in total. The third-order valence-corrected chi connectivity index (χ3v) is 0.736. The van der Waals surface area contributed by atoms with E-state index < -0.39 is 0 Å². The predicted octanol–water partition coefficient (Wildman–Crippen LogP) is -0.301. The Morgan fingerprint density at radius 1 is 1.44 bits per heavy atom. The highest BCUT2D eigenvalue weighted by Gasteiger charge is 2.08. The van der Waals surface area contributed by atoms with Gasteiger partial charge >= 0.3 is 0 Å². The highest BCUT2D eigenvalue weighted by Crippen LogP contribution is 1.95. The molecule has 0 aromatic heterocycles. The second-order valence-electron chi connectivity index (χ2n) is 2.83. The zero-order valence-electron chi connectivity index (χ0n) is 6.18. The van der Waals surface area contributed by atoms with Gasteiger partial charge in [-0.25, -0.2) is 0 Å². The summed E-state index contributed by atoms with van der Waals surface area (Å²) >= 11 is 0. The Labute approximate surface area is 56.4 Å². The SMILES string of the molecule is CC(C)(N)COCCN. The van der Waals surface area contributed by atoms with Crippen LogP contribution in [0.1, 0.15) is 13.8 Å². The summed E-state index contributed by atoms with van der Waals surface area (Å²) in [5.74, 6) is 0. The number of hydrogen-bond acceptors (Lipinski definition) is 3. The molecule has 0 saturated heterocycles. The summed E-state index contributed by atoms with van der Waals surface area (Å²) in [5, 5.41) is 0. The summed E-state index contributed by atoms with van der Waals surface area (Å²) in [5.41, 5.74) is 10.6. The Kier molecular flexibility index (Phi) is 3.77. The number of hydrogen-bond donors (Lipinski definition) is 2. The molecule has 0 unspecified atom stereocenters. The Morgan fingerprint density at radius 2 is 2.00 bits per heavy atom. The van der Waals surface area contributed by atoms with Crippen LogP contribution in [0.5, 0.6) is 0 Å². The van der Waals surface area contributed by atoms with Gasteiger partial charge in [-0.15, -0.1) is 0 Å². The second-order valence-corrected chi connectivity index (χ2v) is 2.83. The van der Waals surface area contributed by atoms with Gasteiger partial charge < -0.3 is 16.2 Å². The molecular formula is C6H16N2O. The van der Waals surface area contributed by atoms with Gasteiger partial charge in [-0.3, -0.25) is 0 Å². The third kappa shape index (κ3) is 7.88. The molecule has 0 aromatic carbocycles. The lowest BCUT2D eigenvalue weighted by atomic mass is 10.1. The smallest absolute Gasteiger partial charge is 0.0641 e. The summed E-state index contributed by atoms with van der Waals surface area (Å²) in [7, 11) is 0. The summed E-state index contributed by atoms with van der Waals surface area (Å²) in [6.45, 7) is 5.58. The third-order valence-electron chi connectivity index (χ3n) is 0.736. The molecule has 0 rings (SSSR count). The minimum absolute atomic E-state index is 0.227. The van der Waals surface area contributed by atoms with Crippen LogP contribution in [0.2, 0.25) is 0 Å². The molecule has 0 aromatic rings. The summed E-state index contributed by atoms with van der Waals surface area (Å²) in [4.78, 5) is 0. The van der Waals surface area contributed by atoms with Crippen LogP contribution in [0.3, 0.4) is 0 Å². The lowest BCUT2D eigenvalue weighted by Crippen LogP contribution is -2.37. The zero-order valence-corrected chi connectivity index (χ0v) is 6.18. The van der Waals surface area contributed by atoms with Gasteiger partial charge in [-0.2, -0.15) is 0 Å². The van der Waals surface area contributed by atoms with Gasteiger partial charge in [-0.05, 0) is 13.8 Å². The topological polar surface area (TPSA) is 61.3 Å². The van der Waals surface area contributed by atoms with Gasteiger partial charge in [0.2, 0.25) is 0 Å². The van der Waals surface area contributed by atoms with Crippen molar-refractivity contribution in [2.75, 3.05) is 19.8 Å². The molecule has 0 atom stereocenters. The van der Waals surface area contributed by atoms with Crippen LogP contribution in [-0.4, -0.2) is 25.3 Å². The van der Waals surface area contributed by atoms with E-state index in [4.69, 9.17) is 16.2 Å². The van der Waals surface area contributed by atoms with E-state index in [9.17, 15) is 0 Å². The van der Waals surface area contributed by atoms with Crippen molar-refractivity contribution in [3.8, 4) is 0 Å². The molecule has 0 fully saturated rings. The maximum absolute atomic E-state index is 5.61. The van der Waals surface area contributed by atoms with E-state index in [2.05, 4.69) is 0 Å².